The van der Waals surface area contributed by atoms with Crippen LogP contribution >= 0.6 is 11.6 Å². The van der Waals surface area contributed by atoms with Crippen LogP contribution < -0.4 is 10.1 Å². The number of hydrogen-bond donors (Lipinski definition) is 1. The maximum absolute atomic E-state index is 14.6. The van der Waals surface area contributed by atoms with Crippen LogP contribution in [0.3, 0.4) is 0 Å². The Morgan fingerprint density at radius 3 is 2.74 bits per heavy atom. The summed E-state index contributed by atoms with van der Waals surface area (Å²) < 4.78 is 33.5. The number of benzene rings is 2. The van der Waals surface area contributed by atoms with Crippen molar-refractivity contribution in [3.8, 4) is 5.75 Å². The van der Waals surface area contributed by atoms with Crippen LogP contribution in [0.25, 0.3) is 0 Å². The van der Waals surface area contributed by atoms with Gasteiger partial charge in [0.25, 0.3) is 5.91 Å². The summed E-state index contributed by atoms with van der Waals surface area (Å²) in [5.74, 6) is -1.05. The molecule has 2 unspecified atom stereocenters. The van der Waals surface area contributed by atoms with Crippen molar-refractivity contribution >= 4 is 29.2 Å². The van der Waals surface area contributed by atoms with Crippen molar-refractivity contribution in [2.45, 2.75) is 44.7 Å². The number of carbonyl (C=O) groups is 2. The highest BCUT2D eigenvalue weighted by Crippen LogP contribution is 2.28. The van der Waals surface area contributed by atoms with Crippen LogP contribution in [0.5, 0.6) is 5.75 Å². The maximum Gasteiger partial charge on any atom is 0.251 e. The summed E-state index contributed by atoms with van der Waals surface area (Å²) >= 11 is 6.19. The Hall–Kier alpha value is -3.73. The third-order valence-electron chi connectivity index (χ3n) is 6.37. The van der Waals surface area contributed by atoms with Crippen LogP contribution in [0.2, 0.25) is 5.02 Å². The lowest BCUT2D eigenvalue weighted by molar-refractivity contribution is -0.139. The Bertz CT molecular complexity index is 1410. The second-order valence-corrected chi connectivity index (χ2v) is 10.2. The van der Waals surface area contributed by atoms with Gasteiger partial charge in [-0.15, -0.1) is 0 Å². The number of aromatic nitrogens is 2. The third-order valence-corrected chi connectivity index (χ3v) is 6.68. The molecule has 2 amide bonds. The van der Waals surface area contributed by atoms with Gasteiger partial charge in [-0.3, -0.25) is 14.3 Å². The molecule has 204 valence electrons. The zero-order valence-electron chi connectivity index (χ0n) is 21.5. The Morgan fingerprint density at radius 2 is 2.00 bits per heavy atom. The average Bonchev–Trinajstić information content (AvgIpc) is 3.58. The smallest absolute Gasteiger partial charge is 0.251 e. The fraction of sp³-hybridized carbons (Fsp3) is 0.321. The van der Waals surface area contributed by atoms with E-state index in [0.717, 1.165) is 0 Å². The minimum absolute atomic E-state index is 0.0137. The van der Waals surface area contributed by atoms with Crippen LogP contribution in [-0.2, 0) is 32.0 Å². The number of nitrogens with one attached hydrogen (secondary N) is 1. The first-order valence-electron chi connectivity index (χ1n) is 12.5. The van der Waals surface area contributed by atoms with E-state index in [-0.39, 0.29) is 19.1 Å². The molecule has 1 aromatic heterocycles. The molecular weight excluding hydrogens is 527 g/mol. The van der Waals surface area contributed by atoms with Crippen LogP contribution in [-0.4, -0.2) is 57.6 Å². The van der Waals surface area contributed by atoms with Crippen molar-refractivity contribution in [1.82, 2.24) is 14.7 Å². The first-order chi connectivity index (χ1) is 18.7. The standard InChI is InChI=1S/C28H28ClFN4O5/c1-28(2)37-17-20(39-28)15-33-12-11-25(32-33)31-27(36)23(13-18-7-3-5-9-22(18)30)34-16-19(14-26(34)35)38-24-10-6-4-8-21(24)29/h3-12,14,20,23H,13,15-17H2,1-2H3,(H,31,32,36). The van der Waals surface area contributed by atoms with Crippen LogP contribution in [0.1, 0.15) is 19.4 Å². The van der Waals surface area contributed by atoms with Crippen LogP contribution in [0.4, 0.5) is 10.2 Å². The largest absolute Gasteiger partial charge is 0.458 e. The summed E-state index contributed by atoms with van der Waals surface area (Å²) in [6, 6.07) is 13.7. The summed E-state index contributed by atoms with van der Waals surface area (Å²) in [6.45, 7) is 4.57. The summed E-state index contributed by atoms with van der Waals surface area (Å²) in [5.41, 5.74) is 0.303. The van der Waals surface area contributed by atoms with E-state index in [9.17, 15) is 14.0 Å². The molecule has 0 saturated carbocycles. The van der Waals surface area contributed by atoms with Gasteiger partial charge in [-0.05, 0) is 37.6 Å². The lowest BCUT2D eigenvalue weighted by Crippen LogP contribution is -2.47. The van der Waals surface area contributed by atoms with E-state index in [1.54, 1.807) is 59.4 Å². The van der Waals surface area contributed by atoms with Crippen LogP contribution in [0, 0.1) is 5.82 Å². The molecule has 2 atom stereocenters. The normalized spacial score (nSPS) is 19.2. The second-order valence-electron chi connectivity index (χ2n) is 9.78. The van der Waals surface area contributed by atoms with E-state index >= 15 is 0 Å². The number of nitrogens with zero attached hydrogens (tertiary/aromatic N) is 3. The molecule has 0 radical (unpaired) electrons. The van der Waals surface area contributed by atoms with E-state index in [1.807, 2.05) is 13.8 Å². The molecule has 2 aliphatic rings. The van der Waals surface area contributed by atoms with Crippen molar-refractivity contribution < 1.29 is 28.2 Å². The minimum Gasteiger partial charge on any atom is -0.458 e. The molecule has 11 heteroatoms. The molecular formula is C28H28ClFN4O5. The van der Waals surface area contributed by atoms with E-state index in [2.05, 4.69) is 10.4 Å². The van der Waals surface area contributed by atoms with Gasteiger partial charge < -0.3 is 24.4 Å². The molecule has 2 aliphatic heterocycles. The fourth-order valence-electron chi connectivity index (χ4n) is 4.52. The first kappa shape index (κ1) is 26.9. The number of ether oxygens (including phenoxy) is 3. The predicted molar refractivity (Wildman–Crippen MR) is 142 cm³/mol. The zero-order valence-corrected chi connectivity index (χ0v) is 22.2. The SMILES string of the molecule is CC1(C)OCC(Cn2ccc(NC(=O)C(Cc3ccccc3F)N3CC(Oc4ccccc4Cl)=CC3=O)n2)O1. The van der Waals surface area contributed by atoms with E-state index in [1.165, 1.54) is 17.0 Å². The molecule has 1 N–H and O–H groups in total. The van der Waals surface area contributed by atoms with E-state index in [0.29, 0.717) is 41.1 Å². The highest BCUT2D eigenvalue weighted by molar-refractivity contribution is 6.32. The third kappa shape index (κ3) is 6.47. The van der Waals surface area contributed by atoms with Crippen molar-refractivity contribution in [2.75, 3.05) is 18.5 Å². The Labute approximate surface area is 230 Å². The van der Waals surface area contributed by atoms with Gasteiger partial charge in [0.2, 0.25) is 5.91 Å². The molecule has 2 aromatic carbocycles. The van der Waals surface area contributed by atoms with Gasteiger partial charge in [0, 0.05) is 24.8 Å². The minimum atomic E-state index is -1.03. The van der Waals surface area contributed by atoms with E-state index < -0.39 is 29.5 Å². The number of halogens is 2. The Kier molecular flexibility index (Phi) is 7.69. The second kappa shape index (κ2) is 11.2. The number of hydrogen-bond acceptors (Lipinski definition) is 6. The number of para-hydroxylation sites is 1. The predicted octanol–water partition coefficient (Wildman–Crippen LogP) is 4.18. The molecule has 1 fully saturated rings. The highest BCUT2D eigenvalue weighted by Gasteiger charge is 2.36. The number of rotatable bonds is 9. The highest BCUT2D eigenvalue weighted by atomic mass is 35.5. The molecule has 0 spiro atoms. The van der Waals surface area contributed by atoms with Gasteiger partial charge in [0.05, 0.1) is 24.7 Å². The van der Waals surface area contributed by atoms with Crippen molar-refractivity contribution in [3.05, 3.63) is 89.0 Å². The molecule has 5 rings (SSSR count). The number of carbonyl (C=O) groups excluding carboxylic acids is 2. The maximum atomic E-state index is 14.6. The van der Waals surface area contributed by atoms with Gasteiger partial charge >= 0.3 is 0 Å². The first-order valence-corrected chi connectivity index (χ1v) is 12.9. The summed E-state index contributed by atoms with van der Waals surface area (Å²) in [4.78, 5) is 27.9. The molecule has 0 aliphatic carbocycles. The monoisotopic (exact) mass is 554 g/mol. The fourth-order valence-corrected chi connectivity index (χ4v) is 4.70. The molecule has 3 aromatic rings. The number of anilines is 1. The van der Waals surface area contributed by atoms with Gasteiger partial charge in [-0.25, -0.2) is 4.39 Å². The van der Waals surface area contributed by atoms with Crippen molar-refractivity contribution in [1.29, 1.82) is 0 Å². The summed E-state index contributed by atoms with van der Waals surface area (Å²) in [5, 5.41) is 7.57. The summed E-state index contributed by atoms with van der Waals surface area (Å²) in [7, 11) is 0. The lowest BCUT2D eigenvalue weighted by atomic mass is 10.0. The Balaban J connectivity index is 1.31. The molecule has 9 nitrogen and oxygen atoms in total. The van der Waals surface area contributed by atoms with Crippen molar-refractivity contribution in [3.63, 3.8) is 0 Å². The topological polar surface area (TPSA) is 94.9 Å². The van der Waals surface area contributed by atoms with E-state index in [4.69, 9.17) is 25.8 Å². The van der Waals surface area contributed by atoms with Gasteiger partial charge in [-0.2, -0.15) is 5.10 Å². The quantitative estimate of drug-likeness (QED) is 0.426. The molecule has 3 heterocycles. The van der Waals surface area contributed by atoms with Gasteiger partial charge in [0.1, 0.15) is 29.5 Å². The summed E-state index contributed by atoms with van der Waals surface area (Å²) in [6.07, 6.45) is 2.81. The van der Waals surface area contributed by atoms with Crippen molar-refractivity contribution in [2.24, 2.45) is 0 Å². The average molecular weight is 555 g/mol. The zero-order chi connectivity index (χ0) is 27.6. The van der Waals surface area contributed by atoms with Gasteiger partial charge in [-0.1, -0.05) is 41.9 Å². The number of amides is 2. The molecule has 1 saturated heterocycles. The molecule has 0 bridgehead atoms. The van der Waals surface area contributed by atoms with Gasteiger partial charge in [0.15, 0.2) is 11.6 Å². The Morgan fingerprint density at radius 1 is 1.23 bits per heavy atom. The molecule has 39 heavy (non-hydrogen) atoms. The van der Waals surface area contributed by atoms with Crippen LogP contribution in [0.15, 0.2) is 72.6 Å². The lowest BCUT2D eigenvalue weighted by Gasteiger charge is -2.27.